The molecule has 0 spiro atoms. The minimum atomic E-state index is 0.750. The number of nitrogens with zero attached hydrogens (tertiary/aromatic N) is 1. The molecule has 3 aliphatic rings. The molecule has 1 nitrogen and oxygen atoms in total. The fraction of sp³-hybridized carbons (Fsp3) is 0.667. The van der Waals surface area contributed by atoms with Crippen LogP contribution in [0.15, 0.2) is 29.2 Å². The molecule has 2 aliphatic carbocycles. The topological polar surface area (TPSA) is 3.24 Å². The number of benzene rings is 1. The van der Waals surface area contributed by atoms with Crippen molar-refractivity contribution < 1.29 is 0 Å². The average Bonchev–Trinajstić information content (AvgIpc) is 3.14. The van der Waals surface area contributed by atoms with Crippen LogP contribution in [0.25, 0.3) is 0 Å². The van der Waals surface area contributed by atoms with Gasteiger partial charge < -0.3 is 4.90 Å². The van der Waals surface area contributed by atoms with Crippen LogP contribution < -0.4 is 0 Å². The summed E-state index contributed by atoms with van der Waals surface area (Å²) < 4.78 is 0. The fourth-order valence-corrected chi connectivity index (χ4v) is 6.07. The molecule has 4 rings (SSSR count). The van der Waals surface area contributed by atoms with Crippen LogP contribution in [0.2, 0.25) is 0 Å². The van der Waals surface area contributed by atoms with Crippen molar-refractivity contribution in [3.63, 3.8) is 0 Å². The standard InChI is InChI=1S/C18H25NS/c1-19(10-15-9-13-6-7-14(15)8-13)11-16-12-20-18-5-3-2-4-17(16)18/h2-5,13-16H,6-12H2,1H3. The van der Waals surface area contributed by atoms with Crippen LogP contribution in [0.1, 0.15) is 37.2 Å². The van der Waals surface area contributed by atoms with E-state index >= 15 is 0 Å². The first-order valence-electron chi connectivity index (χ1n) is 8.20. The first-order valence-corrected chi connectivity index (χ1v) is 9.18. The Morgan fingerprint density at radius 3 is 2.85 bits per heavy atom. The molecule has 20 heavy (non-hydrogen) atoms. The summed E-state index contributed by atoms with van der Waals surface area (Å²) in [7, 11) is 2.34. The Morgan fingerprint density at radius 2 is 2.05 bits per heavy atom. The summed E-state index contributed by atoms with van der Waals surface area (Å²) in [5.74, 6) is 5.18. The Labute approximate surface area is 127 Å². The smallest absolute Gasteiger partial charge is 0.0108 e. The van der Waals surface area contributed by atoms with Crippen molar-refractivity contribution in [1.82, 2.24) is 4.90 Å². The minimum absolute atomic E-state index is 0.750. The van der Waals surface area contributed by atoms with Crippen LogP contribution in [0, 0.1) is 17.8 Å². The van der Waals surface area contributed by atoms with E-state index < -0.39 is 0 Å². The predicted molar refractivity (Wildman–Crippen MR) is 86.3 cm³/mol. The van der Waals surface area contributed by atoms with Crippen molar-refractivity contribution in [2.24, 2.45) is 17.8 Å². The second-order valence-electron chi connectivity index (χ2n) is 7.20. The lowest BCUT2D eigenvalue weighted by atomic mass is 9.88. The summed E-state index contributed by atoms with van der Waals surface area (Å²) in [5, 5.41) is 0. The Kier molecular flexibility index (Phi) is 3.55. The van der Waals surface area contributed by atoms with Gasteiger partial charge in [-0.15, -0.1) is 11.8 Å². The summed E-state index contributed by atoms with van der Waals surface area (Å²) in [6.07, 6.45) is 6.11. The van der Waals surface area contributed by atoms with Crippen LogP contribution in [0.3, 0.4) is 0 Å². The van der Waals surface area contributed by atoms with E-state index in [9.17, 15) is 0 Å². The molecule has 0 saturated heterocycles. The average molecular weight is 287 g/mol. The molecule has 1 aromatic rings. The van der Waals surface area contributed by atoms with Gasteiger partial charge in [-0.05, 0) is 55.7 Å². The maximum Gasteiger partial charge on any atom is 0.0108 e. The Bertz CT molecular complexity index is 486. The lowest BCUT2D eigenvalue weighted by Gasteiger charge is -2.28. The van der Waals surface area contributed by atoms with Gasteiger partial charge in [-0.25, -0.2) is 0 Å². The number of likely N-dealkylation sites (N-methyl/N-ethyl adjacent to an activating group) is 1. The van der Waals surface area contributed by atoms with Gasteiger partial charge in [-0.1, -0.05) is 24.6 Å². The van der Waals surface area contributed by atoms with Crippen molar-refractivity contribution in [3.05, 3.63) is 29.8 Å². The molecule has 0 radical (unpaired) electrons. The van der Waals surface area contributed by atoms with Crippen LogP contribution in [-0.4, -0.2) is 30.8 Å². The van der Waals surface area contributed by atoms with Crippen LogP contribution in [0.5, 0.6) is 0 Å². The van der Waals surface area contributed by atoms with Gasteiger partial charge >= 0.3 is 0 Å². The monoisotopic (exact) mass is 287 g/mol. The molecular weight excluding hydrogens is 262 g/mol. The van der Waals surface area contributed by atoms with E-state index in [1.807, 2.05) is 11.8 Å². The molecule has 1 heterocycles. The maximum atomic E-state index is 2.62. The van der Waals surface area contributed by atoms with E-state index in [2.05, 4.69) is 36.2 Å². The molecule has 4 atom stereocenters. The highest BCUT2D eigenvalue weighted by molar-refractivity contribution is 7.99. The summed E-state index contributed by atoms with van der Waals surface area (Å²) in [6.45, 7) is 2.59. The first kappa shape index (κ1) is 13.2. The van der Waals surface area contributed by atoms with Gasteiger partial charge in [-0.3, -0.25) is 0 Å². The van der Waals surface area contributed by atoms with E-state index in [1.54, 1.807) is 12.0 Å². The Balaban J connectivity index is 1.36. The number of hydrogen-bond acceptors (Lipinski definition) is 2. The van der Waals surface area contributed by atoms with Crippen molar-refractivity contribution in [3.8, 4) is 0 Å². The van der Waals surface area contributed by atoms with Gasteiger partial charge in [0, 0.05) is 29.7 Å². The molecule has 4 unspecified atom stereocenters. The van der Waals surface area contributed by atoms with Crippen molar-refractivity contribution in [1.29, 1.82) is 0 Å². The molecule has 2 heteroatoms. The quantitative estimate of drug-likeness (QED) is 0.814. The molecule has 0 N–H and O–H groups in total. The third-order valence-electron chi connectivity index (χ3n) is 5.76. The molecule has 2 saturated carbocycles. The van der Waals surface area contributed by atoms with E-state index in [4.69, 9.17) is 0 Å². The predicted octanol–water partition coefficient (Wildman–Crippen LogP) is 4.24. The normalized spacial score (nSPS) is 34.9. The highest BCUT2D eigenvalue weighted by Crippen LogP contribution is 2.48. The molecule has 108 valence electrons. The highest BCUT2D eigenvalue weighted by atomic mass is 32.2. The van der Waals surface area contributed by atoms with Crippen LogP contribution in [0.4, 0.5) is 0 Å². The van der Waals surface area contributed by atoms with E-state index in [0.717, 1.165) is 23.7 Å². The lowest BCUT2D eigenvalue weighted by Crippen LogP contribution is -2.32. The zero-order valence-electron chi connectivity index (χ0n) is 12.4. The molecule has 1 aliphatic heterocycles. The van der Waals surface area contributed by atoms with Crippen LogP contribution >= 0.6 is 11.8 Å². The van der Waals surface area contributed by atoms with Gasteiger partial charge in [0.15, 0.2) is 0 Å². The Hall–Kier alpha value is -0.470. The second-order valence-corrected chi connectivity index (χ2v) is 8.26. The molecule has 0 amide bonds. The number of rotatable bonds is 4. The maximum absolute atomic E-state index is 2.62. The summed E-state index contributed by atoms with van der Waals surface area (Å²) in [6, 6.07) is 9.00. The number of hydrogen-bond donors (Lipinski definition) is 0. The summed E-state index contributed by atoms with van der Waals surface area (Å²) >= 11 is 2.05. The van der Waals surface area contributed by atoms with Gasteiger partial charge in [-0.2, -0.15) is 0 Å². The molecular formula is C18H25NS. The second kappa shape index (κ2) is 5.38. The Morgan fingerprint density at radius 1 is 1.15 bits per heavy atom. The van der Waals surface area contributed by atoms with Crippen LogP contribution in [-0.2, 0) is 0 Å². The van der Waals surface area contributed by atoms with Gasteiger partial charge in [0.25, 0.3) is 0 Å². The van der Waals surface area contributed by atoms with Crippen molar-refractivity contribution in [2.45, 2.75) is 36.5 Å². The fourth-order valence-electron chi connectivity index (χ4n) is 4.83. The molecule has 1 aromatic carbocycles. The van der Waals surface area contributed by atoms with E-state index in [-0.39, 0.29) is 0 Å². The van der Waals surface area contributed by atoms with Crippen molar-refractivity contribution in [2.75, 3.05) is 25.9 Å². The van der Waals surface area contributed by atoms with E-state index in [0.29, 0.717) is 0 Å². The third kappa shape index (κ3) is 2.42. The number of thioether (sulfide) groups is 1. The number of fused-ring (bicyclic) bond motifs is 3. The van der Waals surface area contributed by atoms with E-state index in [1.165, 1.54) is 43.0 Å². The zero-order valence-corrected chi connectivity index (χ0v) is 13.2. The van der Waals surface area contributed by atoms with Gasteiger partial charge in [0.2, 0.25) is 0 Å². The highest BCUT2D eigenvalue weighted by Gasteiger charge is 2.39. The molecule has 2 fully saturated rings. The zero-order chi connectivity index (χ0) is 13.5. The van der Waals surface area contributed by atoms with Crippen molar-refractivity contribution >= 4 is 11.8 Å². The third-order valence-corrected chi connectivity index (χ3v) is 7.01. The minimum Gasteiger partial charge on any atom is -0.305 e. The summed E-state index contributed by atoms with van der Waals surface area (Å²) in [4.78, 5) is 4.14. The largest absolute Gasteiger partial charge is 0.305 e. The van der Waals surface area contributed by atoms with Gasteiger partial charge in [0.05, 0.1) is 0 Å². The lowest BCUT2D eigenvalue weighted by molar-refractivity contribution is 0.214. The van der Waals surface area contributed by atoms with Gasteiger partial charge in [0.1, 0.15) is 0 Å². The SMILES string of the molecule is CN(CC1CSc2ccccc21)CC1CC2CCC1C2. The first-order chi connectivity index (χ1) is 9.79. The molecule has 2 bridgehead atoms. The molecule has 0 aromatic heterocycles. The summed E-state index contributed by atoms with van der Waals surface area (Å²) in [5.41, 5.74) is 1.59.